The smallest absolute Gasteiger partial charge is 0.325 e. The number of esters is 1. The molecule has 0 spiro atoms. The van der Waals surface area contributed by atoms with Gasteiger partial charge in [-0.3, -0.25) is 9.59 Å². The van der Waals surface area contributed by atoms with Crippen LogP contribution in [0.4, 0.5) is 0 Å². The van der Waals surface area contributed by atoms with E-state index in [0.29, 0.717) is 5.78 Å². The van der Waals surface area contributed by atoms with Gasteiger partial charge < -0.3 is 9.64 Å². The van der Waals surface area contributed by atoms with Crippen LogP contribution in [-0.2, 0) is 9.53 Å². The largest absolute Gasteiger partial charge is 0.468 e. The number of rotatable bonds is 4. The van der Waals surface area contributed by atoms with Crippen molar-refractivity contribution in [3.8, 4) is 0 Å². The zero-order valence-electron chi connectivity index (χ0n) is 12.4. The van der Waals surface area contributed by atoms with Crippen molar-refractivity contribution < 1.29 is 14.3 Å². The normalized spacial score (nSPS) is 10.9. The van der Waals surface area contributed by atoms with Gasteiger partial charge in [-0.25, -0.2) is 9.50 Å². The van der Waals surface area contributed by atoms with Gasteiger partial charge in [-0.05, 0) is 26.8 Å². The number of ether oxygens (including phenoxy) is 1. The van der Waals surface area contributed by atoms with Crippen LogP contribution in [-0.4, -0.2) is 56.1 Å². The van der Waals surface area contributed by atoms with E-state index in [-0.39, 0.29) is 18.4 Å². The number of aromatic nitrogens is 4. The molecule has 2 aromatic heterocycles. The molecule has 0 saturated carbocycles. The van der Waals surface area contributed by atoms with E-state index in [1.54, 1.807) is 26.1 Å². The molecule has 21 heavy (non-hydrogen) atoms. The topological polar surface area (TPSA) is 89.7 Å². The van der Waals surface area contributed by atoms with Gasteiger partial charge in [-0.2, -0.15) is 4.98 Å². The fourth-order valence-electron chi connectivity index (χ4n) is 1.82. The highest BCUT2D eigenvalue weighted by molar-refractivity contribution is 5.93. The summed E-state index contributed by atoms with van der Waals surface area (Å²) in [5.74, 6) is -0.565. The van der Waals surface area contributed by atoms with Crippen LogP contribution in [0.15, 0.2) is 12.3 Å². The zero-order valence-corrected chi connectivity index (χ0v) is 12.4. The van der Waals surface area contributed by atoms with Crippen LogP contribution < -0.4 is 0 Å². The average Bonchev–Trinajstić information content (AvgIpc) is 2.89. The molecule has 2 aromatic rings. The summed E-state index contributed by atoms with van der Waals surface area (Å²) in [4.78, 5) is 33.4. The second-order valence-electron chi connectivity index (χ2n) is 4.84. The van der Waals surface area contributed by atoms with Crippen molar-refractivity contribution in [2.75, 3.05) is 13.7 Å². The Kier molecular flexibility index (Phi) is 4.15. The lowest BCUT2D eigenvalue weighted by atomic mass is 10.3. The zero-order chi connectivity index (χ0) is 15.6. The highest BCUT2D eigenvalue weighted by Crippen LogP contribution is 2.08. The first-order valence-corrected chi connectivity index (χ1v) is 6.50. The van der Waals surface area contributed by atoms with E-state index in [0.717, 1.165) is 5.69 Å². The second kappa shape index (κ2) is 5.86. The molecule has 8 heteroatoms. The Morgan fingerprint density at radius 1 is 1.43 bits per heavy atom. The summed E-state index contributed by atoms with van der Waals surface area (Å²) >= 11 is 0. The molecule has 0 N–H and O–H groups in total. The molecule has 0 fully saturated rings. The minimum Gasteiger partial charge on any atom is -0.468 e. The predicted molar refractivity (Wildman–Crippen MR) is 73.7 cm³/mol. The second-order valence-corrected chi connectivity index (χ2v) is 4.84. The van der Waals surface area contributed by atoms with Crippen LogP contribution in [0.3, 0.4) is 0 Å². The molecule has 112 valence electrons. The van der Waals surface area contributed by atoms with E-state index >= 15 is 0 Å². The Labute approximate surface area is 121 Å². The number of aryl methyl sites for hydroxylation is 1. The summed E-state index contributed by atoms with van der Waals surface area (Å²) in [5.41, 5.74) is 0.815. The van der Waals surface area contributed by atoms with Crippen LogP contribution in [0.1, 0.15) is 30.2 Å². The Morgan fingerprint density at radius 3 is 2.71 bits per heavy atom. The Morgan fingerprint density at radius 2 is 2.14 bits per heavy atom. The third-order valence-corrected chi connectivity index (χ3v) is 3.03. The molecule has 0 saturated heterocycles. The molecule has 0 aliphatic heterocycles. The maximum atomic E-state index is 12.5. The lowest BCUT2D eigenvalue weighted by molar-refractivity contribution is -0.141. The lowest BCUT2D eigenvalue weighted by Crippen LogP contribution is -2.41. The first-order chi connectivity index (χ1) is 9.93. The van der Waals surface area contributed by atoms with Crippen molar-refractivity contribution in [1.29, 1.82) is 0 Å². The number of fused-ring (bicyclic) bond motifs is 1. The van der Waals surface area contributed by atoms with Crippen LogP contribution in [0.25, 0.3) is 5.78 Å². The molecule has 0 atom stereocenters. The van der Waals surface area contributed by atoms with Gasteiger partial charge in [0.2, 0.25) is 5.82 Å². The number of nitrogens with zero attached hydrogens (tertiary/aromatic N) is 5. The minimum atomic E-state index is -0.491. The first kappa shape index (κ1) is 14.9. The van der Waals surface area contributed by atoms with Gasteiger partial charge in [-0.1, -0.05) is 0 Å². The number of hydrogen-bond acceptors (Lipinski definition) is 6. The van der Waals surface area contributed by atoms with Crippen LogP contribution in [0.5, 0.6) is 0 Å². The Balaban J connectivity index is 2.34. The molecule has 2 heterocycles. The fraction of sp³-hybridized carbons (Fsp3) is 0.462. The molecular weight excluding hydrogens is 274 g/mol. The highest BCUT2D eigenvalue weighted by atomic mass is 16.5. The molecule has 0 aromatic carbocycles. The summed E-state index contributed by atoms with van der Waals surface area (Å²) in [7, 11) is 1.28. The van der Waals surface area contributed by atoms with Crippen molar-refractivity contribution >= 4 is 17.7 Å². The Hall–Kier alpha value is -2.51. The van der Waals surface area contributed by atoms with E-state index in [1.165, 1.54) is 16.5 Å². The van der Waals surface area contributed by atoms with Crippen LogP contribution in [0, 0.1) is 6.92 Å². The molecule has 0 aliphatic rings. The third kappa shape index (κ3) is 2.99. The SMILES string of the molecule is COC(=O)CN(C(=O)c1nc2nccc(C)n2n1)C(C)C. The summed E-state index contributed by atoms with van der Waals surface area (Å²) in [6, 6.07) is 1.59. The molecule has 0 unspecified atom stereocenters. The van der Waals surface area contributed by atoms with Crippen molar-refractivity contribution in [2.24, 2.45) is 0 Å². The summed E-state index contributed by atoms with van der Waals surface area (Å²) in [5, 5.41) is 4.15. The summed E-state index contributed by atoms with van der Waals surface area (Å²) in [6.45, 7) is 5.31. The molecule has 0 bridgehead atoms. The van der Waals surface area contributed by atoms with Crippen molar-refractivity contribution in [3.63, 3.8) is 0 Å². The van der Waals surface area contributed by atoms with Gasteiger partial charge in [0.15, 0.2) is 0 Å². The highest BCUT2D eigenvalue weighted by Gasteiger charge is 2.25. The quantitative estimate of drug-likeness (QED) is 0.760. The van der Waals surface area contributed by atoms with E-state index in [2.05, 4.69) is 19.8 Å². The number of amides is 1. The van der Waals surface area contributed by atoms with Crippen LogP contribution in [0.2, 0.25) is 0 Å². The van der Waals surface area contributed by atoms with Gasteiger partial charge in [-0.15, -0.1) is 5.10 Å². The van der Waals surface area contributed by atoms with E-state index in [4.69, 9.17) is 0 Å². The fourth-order valence-corrected chi connectivity index (χ4v) is 1.82. The molecule has 0 radical (unpaired) electrons. The van der Waals surface area contributed by atoms with Gasteiger partial charge in [0.05, 0.1) is 7.11 Å². The van der Waals surface area contributed by atoms with Gasteiger partial charge in [0.1, 0.15) is 6.54 Å². The number of carbonyl (C=O) groups excluding carboxylic acids is 2. The van der Waals surface area contributed by atoms with Gasteiger partial charge >= 0.3 is 5.97 Å². The molecular formula is C13H17N5O3. The maximum absolute atomic E-state index is 12.5. The number of carbonyl (C=O) groups is 2. The van der Waals surface area contributed by atoms with Crippen LogP contribution >= 0.6 is 0 Å². The lowest BCUT2D eigenvalue weighted by Gasteiger charge is -2.23. The number of hydrogen-bond donors (Lipinski definition) is 0. The minimum absolute atomic E-state index is 0.00871. The maximum Gasteiger partial charge on any atom is 0.325 e. The number of methoxy groups -OCH3 is 1. The predicted octanol–water partition coefficient (Wildman–Crippen LogP) is 0.456. The summed E-state index contributed by atoms with van der Waals surface area (Å²) in [6.07, 6.45) is 1.60. The molecule has 8 nitrogen and oxygen atoms in total. The average molecular weight is 291 g/mol. The van der Waals surface area contributed by atoms with Gasteiger partial charge in [0, 0.05) is 17.9 Å². The van der Waals surface area contributed by atoms with E-state index < -0.39 is 11.9 Å². The summed E-state index contributed by atoms with van der Waals surface area (Å²) < 4.78 is 6.09. The molecule has 1 amide bonds. The molecule has 0 aliphatic carbocycles. The molecule has 2 rings (SSSR count). The third-order valence-electron chi connectivity index (χ3n) is 3.03. The van der Waals surface area contributed by atoms with E-state index in [9.17, 15) is 9.59 Å². The monoisotopic (exact) mass is 291 g/mol. The van der Waals surface area contributed by atoms with E-state index in [1.807, 2.05) is 6.92 Å². The first-order valence-electron chi connectivity index (χ1n) is 6.50. The van der Waals surface area contributed by atoms with Gasteiger partial charge in [0.25, 0.3) is 11.7 Å². The van der Waals surface area contributed by atoms with Crippen molar-refractivity contribution in [1.82, 2.24) is 24.5 Å². The van der Waals surface area contributed by atoms with Crippen molar-refractivity contribution in [2.45, 2.75) is 26.8 Å². The Bertz CT molecular complexity index is 679. The van der Waals surface area contributed by atoms with Crippen molar-refractivity contribution in [3.05, 3.63) is 23.8 Å². The standard InChI is InChI=1S/C13H17N5O3/c1-8(2)17(7-10(19)21-4)12(20)11-15-13-14-6-5-9(3)18(13)16-11/h5-6,8H,7H2,1-4H3.